The maximum Gasteiger partial charge on any atom is 0.328 e. The van der Waals surface area contributed by atoms with E-state index in [1.807, 2.05) is 13.8 Å². The molecule has 1 aliphatic carbocycles. The van der Waals surface area contributed by atoms with Gasteiger partial charge in [-0.1, -0.05) is 48.5 Å². The summed E-state index contributed by atoms with van der Waals surface area (Å²) >= 11 is 0. The zero-order chi connectivity index (χ0) is 16.0. The molecule has 2 unspecified atom stereocenters. The number of hydrazine groups is 1. The summed E-state index contributed by atoms with van der Waals surface area (Å²) in [4.78, 5) is 11.2. The fourth-order valence-electron chi connectivity index (χ4n) is 3.67. The normalized spacial score (nSPS) is 28.4. The summed E-state index contributed by atoms with van der Waals surface area (Å²) in [5.41, 5.74) is 2.65. The average Bonchev–Trinajstić information content (AvgIpc) is 2.36. The lowest BCUT2D eigenvalue weighted by Crippen LogP contribution is -2.48. The maximum atomic E-state index is 11.2. The molecule has 0 aromatic heterocycles. The first-order valence-electron chi connectivity index (χ1n) is 7.92. The Labute approximate surface area is 125 Å². The Morgan fingerprint density at radius 3 is 2.25 bits per heavy atom. The largest absolute Gasteiger partial charge is 0.337 e. The number of hydrogen-bond acceptors (Lipinski definition) is 2. The Kier molecular flexibility index (Phi) is 7.56. The van der Waals surface area contributed by atoms with Crippen LogP contribution >= 0.6 is 0 Å². The maximum absolute atomic E-state index is 11.2. The summed E-state index contributed by atoms with van der Waals surface area (Å²) in [6.07, 6.45) is 3.61. The van der Waals surface area contributed by atoms with Gasteiger partial charge in [0.25, 0.3) is 0 Å². The Morgan fingerprint density at radius 2 is 1.80 bits per heavy atom. The Hall–Kier alpha value is -0.770. The highest BCUT2D eigenvalue weighted by atomic mass is 16.2. The second-order valence-electron chi connectivity index (χ2n) is 7.39. The number of urea groups is 1. The van der Waals surface area contributed by atoms with Gasteiger partial charge >= 0.3 is 6.03 Å². The number of carbonyl (C=O) groups is 1. The van der Waals surface area contributed by atoms with Crippen LogP contribution in [0.15, 0.2) is 0 Å². The van der Waals surface area contributed by atoms with Crippen LogP contribution in [0.3, 0.4) is 0 Å². The molecular weight excluding hydrogens is 250 g/mol. The summed E-state index contributed by atoms with van der Waals surface area (Å²) in [6, 6.07) is -0.291. The van der Waals surface area contributed by atoms with E-state index in [-0.39, 0.29) is 11.4 Å². The molecule has 0 bridgehead atoms. The summed E-state index contributed by atoms with van der Waals surface area (Å²) < 4.78 is 0. The van der Waals surface area contributed by atoms with Crippen molar-refractivity contribution in [3.05, 3.63) is 0 Å². The first-order chi connectivity index (χ1) is 9.17. The third kappa shape index (κ3) is 6.12. The molecule has 2 amide bonds. The van der Waals surface area contributed by atoms with Crippen LogP contribution < -0.4 is 16.6 Å². The fraction of sp³-hybridized carbons (Fsp3) is 0.938. The van der Waals surface area contributed by atoms with E-state index in [2.05, 4.69) is 45.4 Å². The molecule has 0 saturated heterocycles. The summed E-state index contributed by atoms with van der Waals surface area (Å²) in [7, 11) is 0. The number of hydrogen-bond donors (Lipinski definition) is 3. The van der Waals surface area contributed by atoms with Crippen molar-refractivity contribution in [2.45, 2.75) is 67.7 Å². The van der Waals surface area contributed by atoms with Gasteiger partial charge in [-0.2, -0.15) is 0 Å². The second kappa shape index (κ2) is 7.87. The average molecular weight is 285 g/mol. The molecule has 2 atom stereocenters. The van der Waals surface area contributed by atoms with Crippen molar-refractivity contribution in [1.29, 1.82) is 0 Å². The molecule has 0 radical (unpaired) electrons. The van der Waals surface area contributed by atoms with Crippen molar-refractivity contribution >= 4 is 6.03 Å². The topological polar surface area (TPSA) is 67.2 Å². The first kappa shape index (κ1) is 19.2. The van der Waals surface area contributed by atoms with Crippen LogP contribution in [0, 0.1) is 22.7 Å². The minimum atomic E-state index is -0.291. The minimum Gasteiger partial charge on any atom is -0.337 e. The smallest absolute Gasteiger partial charge is 0.328 e. The third-order valence-corrected chi connectivity index (χ3v) is 4.22. The number of nitrogens with two attached hydrogens (primary N) is 1. The number of rotatable bonds is 3. The molecule has 0 aliphatic heterocycles. The molecule has 20 heavy (non-hydrogen) atoms. The van der Waals surface area contributed by atoms with Crippen LogP contribution in [-0.4, -0.2) is 12.6 Å². The van der Waals surface area contributed by atoms with E-state index in [1.54, 1.807) is 0 Å². The summed E-state index contributed by atoms with van der Waals surface area (Å²) in [5, 5.41) is 2.86. The van der Waals surface area contributed by atoms with Crippen LogP contribution in [0.25, 0.3) is 0 Å². The molecule has 120 valence electrons. The van der Waals surface area contributed by atoms with Crippen LogP contribution in [0.5, 0.6) is 0 Å². The molecule has 0 aromatic rings. The van der Waals surface area contributed by atoms with Gasteiger partial charge in [-0.3, -0.25) is 5.43 Å². The summed E-state index contributed by atoms with van der Waals surface area (Å²) in [6.45, 7) is 16.2. The van der Waals surface area contributed by atoms with Crippen molar-refractivity contribution in [2.24, 2.45) is 28.5 Å². The third-order valence-electron chi connectivity index (χ3n) is 4.22. The fourth-order valence-corrected chi connectivity index (χ4v) is 3.67. The van der Waals surface area contributed by atoms with Gasteiger partial charge < -0.3 is 5.32 Å². The van der Waals surface area contributed by atoms with E-state index in [4.69, 9.17) is 5.84 Å². The number of carbonyl (C=O) groups excluding carboxylic acids is 1. The molecule has 4 heteroatoms. The van der Waals surface area contributed by atoms with Gasteiger partial charge in [-0.15, -0.1) is 0 Å². The molecular formula is C16H35N3O. The van der Waals surface area contributed by atoms with Crippen LogP contribution in [0.1, 0.15) is 67.7 Å². The molecule has 0 spiro atoms. The molecule has 1 saturated carbocycles. The lowest BCUT2D eigenvalue weighted by Gasteiger charge is -2.48. The number of nitrogens with one attached hydrogen (secondary N) is 2. The Balaban J connectivity index is 0.00000172. The molecule has 0 aromatic carbocycles. The minimum absolute atomic E-state index is 0.170. The number of amides is 2. The lowest BCUT2D eigenvalue weighted by molar-refractivity contribution is 0.0365. The van der Waals surface area contributed by atoms with Crippen molar-refractivity contribution in [3.8, 4) is 0 Å². The van der Waals surface area contributed by atoms with Gasteiger partial charge in [0.15, 0.2) is 0 Å². The van der Waals surface area contributed by atoms with E-state index >= 15 is 0 Å². The molecule has 1 fully saturated rings. The first-order valence-corrected chi connectivity index (χ1v) is 7.92. The van der Waals surface area contributed by atoms with Gasteiger partial charge in [0.05, 0.1) is 0 Å². The lowest BCUT2D eigenvalue weighted by atomic mass is 9.58. The molecule has 4 N–H and O–H groups in total. The molecule has 1 aliphatic rings. The van der Waals surface area contributed by atoms with Crippen molar-refractivity contribution in [2.75, 3.05) is 6.54 Å². The SMILES string of the molecule is CC.CC(C)C1CC(C)(C)CC(C)(CNC(=O)NN)C1. The van der Waals surface area contributed by atoms with Crippen molar-refractivity contribution in [1.82, 2.24) is 10.7 Å². The molecule has 1 rings (SSSR count). The van der Waals surface area contributed by atoms with Gasteiger partial charge in [-0.25, -0.2) is 10.6 Å². The quantitative estimate of drug-likeness (QED) is 0.421. The van der Waals surface area contributed by atoms with Crippen molar-refractivity contribution < 1.29 is 4.79 Å². The predicted octanol–water partition coefficient (Wildman–Crippen LogP) is 3.67. The standard InChI is InChI=1S/C14H29N3O.C2H6/c1-10(2)11-6-13(3,4)8-14(5,7-11)9-16-12(18)17-15;1-2/h10-11H,6-9,15H2,1-5H3,(H2,16,17,18);1-2H3. The van der Waals surface area contributed by atoms with Gasteiger partial charge in [0.1, 0.15) is 0 Å². The second-order valence-corrected chi connectivity index (χ2v) is 7.39. The predicted molar refractivity (Wildman–Crippen MR) is 86.1 cm³/mol. The van der Waals surface area contributed by atoms with E-state index < -0.39 is 0 Å². The summed E-state index contributed by atoms with van der Waals surface area (Å²) in [5.74, 6) is 6.54. The Morgan fingerprint density at radius 1 is 1.25 bits per heavy atom. The van der Waals surface area contributed by atoms with Crippen LogP contribution in [0.4, 0.5) is 4.79 Å². The highest BCUT2D eigenvalue weighted by molar-refractivity contribution is 5.73. The zero-order valence-electron chi connectivity index (χ0n) is 14.5. The van der Waals surface area contributed by atoms with Gasteiger partial charge in [0, 0.05) is 6.54 Å². The zero-order valence-corrected chi connectivity index (χ0v) is 14.5. The van der Waals surface area contributed by atoms with Crippen molar-refractivity contribution in [3.63, 3.8) is 0 Å². The van der Waals surface area contributed by atoms with E-state index in [0.29, 0.717) is 17.9 Å². The highest BCUT2D eigenvalue weighted by Gasteiger charge is 2.41. The van der Waals surface area contributed by atoms with Crippen LogP contribution in [0.2, 0.25) is 0 Å². The van der Waals surface area contributed by atoms with Crippen LogP contribution in [-0.2, 0) is 0 Å². The van der Waals surface area contributed by atoms with Gasteiger partial charge in [0.2, 0.25) is 0 Å². The monoisotopic (exact) mass is 285 g/mol. The molecule has 4 nitrogen and oxygen atoms in total. The highest BCUT2D eigenvalue weighted by Crippen LogP contribution is 2.50. The van der Waals surface area contributed by atoms with Gasteiger partial charge in [-0.05, 0) is 41.9 Å². The van der Waals surface area contributed by atoms with E-state index in [1.165, 1.54) is 12.8 Å². The Bertz CT molecular complexity index is 302. The molecule has 0 heterocycles. The van der Waals surface area contributed by atoms with E-state index in [9.17, 15) is 4.79 Å². The van der Waals surface area contributed by atoms with E-state index in [0.717, 1.165) is 12.3 Å².